The van der Waals surface area contributed by atoms with Crippen molar-refractivity contribution in [3.63, 3.8) is 0 Å². The van der Waals surface area contributed by atoms with Crippen molar-refractivity contribution in [3.05, 3.63) is 29.8 Å². The minimum Gasteiger partial charge on any atom is -0.338 e. The molecule has 0 aromatic heterocycles. The fourth-order valence-corrected chi connectivity index (χ4v) is 3.11. The number of likely N-dealkylation sites (tertiary alicyclic amines) is 1. The van der Waals surface area contributed by atoms with Gasteiger partial charge in [0.1, 0.15) is 0 Å². The van der Waals surface area contributed by atoms with E-state index in [1.54, 1.807) is 4.90 Å². The average molecular weight is 273 g/mol. The van der Waals surface area contributed by atoms with Crippen LogP contribution in [0, 0.1) is 0 Å². The van der Waals surface area contributed by atoms with Crippen LogP contribution < -0.4 is 10.6 Å². The van der Waals surface area contributed by atoms with Gasteiger partial charge in [-0.2, -0.15) is 0 Å². The van der Waals surface area contributed by atoms with E-state index in [0.29, 0.717) is 26.1 Å². The maximum absolute atomic E-state index is 12.4. The number of fused-ring (bicyclic) bond motifs is 2. The highest BCUT2D eigenvalue weighted by Crippen LogP contribution is 2.43. The van der Waals surface area contributed by atoms with E-state index in [4.69, 9.17) is 0 Å². The van der Waals surface area contributed by atoms with E-state index in [9.17, 15) is 9.59 Å². The van der Waals surface area contributed by atoms with Crippen LogP contribution in [-0.4, -0.2) is 36.5 Å². The molecule has 0 saturated carbocycles. The number of hydrogen-bond acceptors (Lipinski definition) is 2. The minimum absolute atomic E-state index is 0.0180. The number of carbonyl (C=O) groups is 2. The van der Waals surface area contributed by atoms with Gasteiger partial charge in [-0.3, -0.25) is 4.79 Å². The predicted octanol–water partition coefficient (Wildman–Crippen LogP) is 1.70. The first kappa shape index (κ1) is 13.0. The van der Waals surface area contributed by atoms with Gasteiger partial charge in [-0.1, -0.05) is 25.1 Å². The summed E-state index contributed by atoms with van der Waals surface area (Å²) < 4.78 is 0. The van der Waals surface area contributed by atoms with Gasteiger partial charge < -0.3 is 15.5 Å². The van der Waals surface area contributed by atoms with E-state index in [2.05, 4.69) is 10.6 Å². The summed E-state index contributed by atoms with van der Waals surface area (Å²) in [7, 11) is 0. The molecule has 3 amide bonds. The third-order valence-electron chi connectivity index (χ3n) is 4.21. The number of amides is 3. The molecule has 5 nitrogen and oxygen atoms in total. The minimum atomic E-state index is -0.555. The van der Waals surface area contributed by atoms with Gasteiger partial charge in [-0.25, -0.2) is 4.79 Å². The molecule has 2 N–H and O–H groups in total. The zero-order valence-electron chi connectivity index (χ0n) is 11.6. The Morgan fingerprint density at radius 3 is 3.05 bits per heavy atom. The van der Waals surface area contributed by atoms with Crippen molar-refractivity contribution in [3.8, 4) is 0 Å². The highest BCUT2D eigenvalue weighted by Gasteiger charge is 2.51. The SMILES string of the molecule is CCCNC(=O)N1CC[C@@]2(C1)C(=O)Nc1ccccc12. The first-order valence-corrected chi connectivity index (χ1v) is 7.11. The fourth-order valence-electron chi connectivity index (χ4n) is 3.11. The van der Waals surface area contributed by atoms with Crippen molar-refractivity contribution in [2.24, 2.45) is 0 Å². The number of hydrogen-bond donors (Lipinski definition) is 2. The third-order valence-corrected chi connectivity index (χ3v) is 4.21. The van der Waals surface area contributed by atoms with E-state index in [1.807, 2.05) is 31.2 Å². The molecule has 106 valence electrons. The number of urea groups is 1. The Morgan fingerprint density at radius 2 is 2.25 bits per heavy atom. The molecule has 1 atom stereocenters. The summed E-state index contributed by atoms with van der Waals surface area (Å²) in [6, 6.07) is 7.70. The second-order valence-electron chi connectivity index (χ2n) is 5.49. The van der Waals surface area contributed by atoms with Crippen LogP contribution in [-0.2, 0) is 10.2 Å². The first-order chi connectivity index (χ1) is 9.67. The fraction of sp³-hybridized carbons (Fsp3) is 0.467. The van der Waals surface area contributed by atoms with Crippen molar-refractivity contribution >= 4 is 17.6 Å². The molecule has 1 spiro atoms. The zero-order chi connectivity index (χ0) is 14.2. The summed E-state index contributed by atoms with van der Waals surface area (Å²) in [6.45, 7) is 3.78. The highest BCUT2D eigenvalue weighted by molar-refractivity contribution is 6.07. The summed E-state index contributed by atoms with van der Waals surface area (Å²) in [4.78, 5) is 26.2. The molecule has 0 aliphatic carbocycles. The Morgan fingerprint density at radius 1 is 1.45 bits per heavy atom. The predicted molar refractivity (Wildman–Crippen MR) is 76.6 cm³/mol. The number of nitrogens with zero attached hydrogens (tertiary/aromatic N) is 1. The Kier molecular flexibility index (Phi) is 3.12. The second-order valence-corrected chi connectivity index (χ2v) is 5.49. The normalized spacial score (nSPS) is 23.9. The summed E-state index contributed by atoms with van der Waals surface area (Å²) in [6.07, 6.45) is 1.60. The van der Waals surface area contributed by atoms with Crippen LogP contribution in [0.15, 0.2) is 24.3 Å². The number of nitrogens with one attached hydrogen (secondary N) is 2. The summed E-state index contributed by atoms with van der Waals surface area (Å²) >= 11 is 0. The van der Waals surface area contributed by atoms with Crippen LogP contribution >= 0.6 is 0 Å². The molecule has 2 aliphatic heterocycles. The Bertz CT molecular complexity index is 558. The lowest BCUT2D eigenvalue weighted by Crippen LogP contribution is -2.43. The molecule has 0 radical (unpaired) electrons. The van der Waals surface area contributed by atoms with Gasteiger partial charge in [0.05, 0.1) is 5.41 Å². The van der Waals surface area contributed by atoms with Gasteiger partial charge in [0.2, 0.25) is 5.91 Å². The standard InChI is InChI=1S/C15H19N3O2/c1-2-8-16-14(20)18-9-7-15(10-18)11-5-3-4-6-12(11)17-13(15)19/h3-6H,2,7-10H2,1H3,(H,16,20)(H,17,19)/t15-/m0/s1. The monoisotopic (exact) mass is 273 g/mol. The topological polar surface area (TPSA) is 61.4 Å². The number of anilines is 1. The quantitative estimate of drug-likeness (QED) is 0.861. The maximum atomic E-state index is 12.4. The number of para-hydroxylation sites is 1. The van der Waals surface area contributed by atoms with Gasteiger partial charge in [0, 0.05) is 25.3 Å². The lowest BCUT2D eigenvalue weighted by Gasteiger charge is -2.22. The van der Waals surface area contributed by atoms with E-state index >= 15 is 0 Å². The molecule has 0 unspecified atom stereocenters. The molecule has 3 rings (SSSR count). The van der Waals surface area contributed by atoms with Crippen LogP contribution in [0.2, 0.25) is 0 Å². The molecule has 2 heterocycles. The van der Waals surface area contributed by atoms with Crippen molar-refractivity contribution in [2.45, 2.75) is 25.2 Å². The number of benzene rings is 1. The third kappa shape index (κ3) is 1.85. The molecule has 2 aliphatic rings. The molecular formula is C15H19N3O2. The number of rotatable bonds is 2. The molecule has 1 saturated heterocycles. The Labute approximate surface area is 118 Å². The number of carbonyl (C=O) groups excluding carboxylic acids is 2. The van der Waals surface area contributed by atoms with Gasteiger partial charge >= 0.3 is 6.03 Å². The lowest BCUT2D eigenvalue weighted by atomic mass is 9.81. The molecule has 20 heavy (non-hydrogen) atoms. The highest BCUT2D eigenvalue weighted by atomic mass is 16.2. The Hall–Kier alpha value is -2.04. The van der Waals surface area contributed by atoms with Crippen molar-refractivity contribution in [1.29, 1.82) is 0 Å². The molecule has 5 heteroatoms. The molecule has 0 bridgehead atoms. The van der Waals surface area contributed by atoms with E-state index in [0.717, 1.165) is 17.7 Å². The average Bonchev–Trinajstić information content (AvgIpc) is 3.02. The summed E-state index contributed by atoms with van der Waals surface area (Å²) in [5, 5.41) is 5.81. The van der Waals surface area contributed by atoms with Gasteiger partial charge in [-0.05, 0) is 24.5 Å². The van der Waals surface area contributed by atoms with Crippen LogP contribution in [0.25, 0.3) is 0 Å². The van der Waals surface area contributed by atoms with Crippen molar-refractivity contribution in [1.82, 2.24) is 10.2 Å². The van der Waals surface area contributed by atoms with E-state index in [-0.39, 0.29) is 11.9 Å². The van der Waals surface area contributed by atoms with Crippen LogP contribution in [0.4, 0.5) is 10.5 Å². The second kappa shape index (κ2) is 4.81. The van der Waals surface area contributed by atoms with E-state index < -0.39 is 5.41 Å². The lowest BCUT2D eigenvalue weighted by molar-refractivity contribution is -0.120. The summed E-state index contributed by atoms with van der Waals surface area (Å²) in [5.41, 5.74) is 1.35. The van der Waals surface area contributed by atoms with Gasteiger partial charge in [0.25, 0.3) is 0 Å². The maximum Gasteiger partial charge on any atom is 0.317 e. The molecule has 1 aromatic carbocycles. The van der Waals surface area contributed by atoms with Gasteiger partial charge in [0.15, 0.2) is 0 Å². The molecular weight excluding hydrogens is 254 g/mol. The molecule has 1 aromatic rings. The van der Waals surface area contributed by atoms with Crippen molar-refractivity contribution < 1.29 is 9.59 Å². The smallest absolute Gasteiger partial charge is 0.317 e. The van der Waals surface area contributed by atoms with E-state index in [1.165, 1.54) is 0 Å². The first-order valence-electron chi connectivity index (χ1n) is 7.11. The van der Waals surface area contributed by atoms with Crippen LogP contribution in [0.3, 0.4) is 0 Å². The van der Waals surface area contributed by atoms with Gasteiger partial charge in [-0.15, -0.1) is 0 Å². The molecule has 1 fully saturated rings. The Balaban J connectivity index is 1.82. The zero-order valence-corrected chi connectivity index (χ0v) is 11.6. The van der Waals surface area contributed by atoms with Crippen LogP contribution in [0.5, 0.6) is 0 Å². The van der Waals surface area contributed by atoms with Crippen molar-refractivity contribution in [2.75, 3.05) is 25.0 Å². The largest absolute Gasteiger partial charge is 0.338 e. The van der Waals surface area contributed by atoms with Crippen LogP contribution in [0.1, 0.15) is 25.3 Å². The summed E-state index contributed by atoms with van der Waals surface area (Å²) in [5.74, 6) is 0.0180.